The van der Waals surface area contributed by atoms with Crippen molar-refractivity contribution in [1.82, 2.24) is 9.78 Å². The van der Waals surface area contributed by atoms with Crippen molar-refractivity contribution in [2.75, 3.05) is 18.2 Å². The first-order valence-electron chi connectivity index (χ1n) is 6.24. The van der Waals surface area contributed by atoms with Crippen molar-refractivity contribution in [1.29, 1.82) is 0 Å². The maximum absolute atomic E-state index is 12.0. The summed E-state index contributed by atoms with van der Waals surface area (Å²) in [4.78, 5) is 12.0. The average molecular weight is 274 g/mol. The second-order valence-electron chi connectivity index (χ2n) is 4.59. The van der Waals surface area contributed by atoms with Crippen LogP contribution in [0.4, 0.5) is 11.4 Å². The van der Waals surface area contributed by atoms with Crippen LogP contribution in [-0.4, -0.2) is 22.8 Å². The third-order valence-corrected chi connectivity index (χ3v) is 2.93. The van der Waals surface area contributed by atoms with Crippen LogP contribution in [0.1, 0.15) is 11.4 Å². The minimum absolute atomic E-state index is 0.158. The summed E-state index contributed by atoms with van der Waals surface area (Å²) in [5, 5.41) is 7.01. The molecule has 0 saturated carbocycles. The molecule has 1 aromatic carbocycles. The van der Waals surface area contributed by atoms with Crippen LogP contribution < -0.4 is 15.8 Å². The van der Waals surface area contributed by atoms with E-state index in [2.05, 4.69) is 10.4 Å². The quantitative estimate of drug-likeness (QED) is 0.832. The number of anilines is 2. The summed E-state index contributed by atoms with van der Waals surface area (Å²) in [5.74, 6) is 0.479. The van der Waals surface area contributed by atoms with Gasteiger partial charge in [0.1, 0.15) is 12.3 Å². The number of aromatic nitrogens is 2. The van der Waals surface area contributed by atoms with Crippen LogP contribution in [0.2, 0.25) is 0 Å². The zero-order chi connectivity index (χ0) is 14.7. The van der Waals surface area contributed by atoms with Gasteiger partial charge in [0, 0.05) is 11.8 Å². The van der Waals surface area contributed by atoms with Crippen molar-refractivity contribution < 1.29 is 9.53 Å². The van der Waals surface area contributed by atoms with E-state index in [0.717, 1.165) is 11.4 Å². The van der Waals surface area contributed by atoms with Crippen molar-refractivity contribution in [2.24, 2.45) is 0 Å². The molecule has 0 unspecified atom stereocenters. The van der Waals surface area contributed by atoms with Crippen LogP contribution >= 0.6 is 0 Å². The van der Waals surface area contributed by atoms with E-state index >= 15 is 0 Å². The van der Waals surface area contributed by atoms with Gasteiger partial charge in [0.2, 0.25) is 5.91 Å². The molecule has 0 fully saturated rings. The lowest BCUT2D eigenvalue weighted by atomic mass is 10.2. The van der Waals surface area contributed by atoms with Crippen molar-refractivity contribution in [3.8, 4) is 5.75 Å². The first kappa shape index (κ1) is 13.9. The average Bonchev–Trinajstić information content (AvgIpc) is 2.70. The van der Waals surface area contributed by atoms with Gasteiger partial charge in [-0.1, -0.05) is 0 Å². The summed E-state index contributed by atoms with van der Waals surface area (Å²) in [5.41, 5.74) is 8.72. The molecule has 0 bridgehead atoms. The summed E-state index contributed by atoms with van der Waals surface area (Å²) < 4.78 is 6.72. The molecule has 6 heteroatoms. The number of nitrogens with zero attached hydrogens (tertiary/aromatic N) is 2. The standard InChI is InChI=1S/C14H18N4O2/c1-9-6-10(2)18(17-9)8-14(19)16-13-5-4-11(20-3)7-12(13)15/h4-7H,8,15H2,1-3H3,(H,16,19). The number of hydrogen-bond donors (Lipinski definition) is 2. The van der Waals surface area contributed by atoms with Gasteiger partial charge in [0.05, 0.1) is 24.2 Å². The zero-order valence-electron chi connectivity index (χ0n) is 11.8. The van der Waals surface area contributed by atoms with Gasteiger partial charge in [-0.05, 0) is 32.0 Å². The molecule has 106 valence electrons. The van der Waals surface area contributed by atoms with E-state index in [0.29, 0.717) is 17.1 Å². The Bertz CT molecular complexity index is 634. The third-order valence-electron chi connectivity index (χ3n) is 2.93. The Morgan fingerprint density at radius 1 is 1.40 bits per heavy atom. The van der Waals surface area contributed by atoms with Crippen LogP contribution in [0.5, 0.6) is 5.75 Å². The van der Waals surface area contributed by atoms with Crippen molar-refractivity contribution in [3.05, 3.63) is 35.7 Å². The number of aryl methyl sites for hydroxylation is 2. The van der Waals surface area contributed by atoms with E-state index in [9.17, 15) is 4.79 Å². The fourth-order valence-corrected chi connectivity index (χ4v) is 1.94. The fourth-order valence-electron chi connectivity index (χ4n) is 1.94. The summed E-state index contributed by atoms with van der Waals surface area (Å²) in [6, 6.07) is 7.05. The Kier molecular flexibility index (Phi) is 3.93. The molecule has 3 N–H and O–H groups in total. The normalized spacial score (nSPS) is 10.3. The summed E-state index contributed by atoms with van der Waals surface area (Å²) in [6.45, 7) is 3.96. The molecule has 1 amide bonds. The van der Waals surface area contributed by atoms with Gasteiger partial charge >= 0.3 is 0 Å². The number of benzene rings is 1. The van der Waals surface area contributed by atoms with Crippen LogP contribution in [0.3, 0.4) is 0 Å². The molecule has 1 aromatic heterocycles. The highest BCUT2D eigenvalue weighted by atomic mass is 16.5. The van der Waals surface area contributed by atoms with Crippen LogP contribution in [0.15, 0.2) is 24.3 Å². The zero-order valence-corrected chi connectivity index (χ0v) is 11.8. The van der Waals surface area contributed by atoms with E-state index in [1.165, 1.54) is 0 Å². The molecule has 20 heavy (non-hydrogen) atoms. The summed E-state index contributed by atoms with van der Waals surface area (Å²) >= 11 is 0. The number of methoxy groups -OCH3 is 1. The molecule has 0 aliphatic heterocycles. The highest BCUT2D eigenvalue weighted by molar-refractivity contribution is 5.93. The Labute approximate surface area is 117 Å². The molecular formula is C14H18N4O2. The van der Waals surface area contributed by atoms with Crippen molar-refractivity contribution in [3.63, 3.8) is 0 Å². The number of carbonyl (C=O) groups is 1. The molecule has 6 nitrogen and oxygen atoms in total. The molecule has 2 aromatic rings. The molecule has 0 radical (unpaired) electrons. The Balaban J connectivity index is 2.06. The lowest BCUT2D eigenvalue weighted by Gasteiger charge is -2.10. The highest BCUT2D eigenvalue weighted by Gasteiger charge is 2.09. The van der Waals surface area contributed by atoms with E-state index in [4.69, 9.17) is 10.5 Å². The Hall–Kier alpha value is -2.50. The SMILES string of the molecule is COc1ccc(NC(=O)Cn2nc(C)cc2C)c(N)c1. The lowest BCUT2D eigenvalue weighted by molar-refractivity contribution is -0.116. The molecule has 0 aliphatic carbocycles. The topological polar surface area (TPSA) is 82.2 Å². The summed E-state index contributed by atoms with van der Waals surface area (Å²) in [6.07, 6.45) is 0. The molecule has 0 atom stereocenters. The van der Waals surface area contributed by atoms with Gasteiger partial charge < -0.3 is 15.8 Å². The molecule has 0 spiro atoms. The minimum atomic E-state index is -0.173. The predicted molar refractivity (Wildman–Crippen MR) is 77.7 cm³/mol. The van der Waals surface area contributed by atoms with E-state index in [1.807, 2.05) is 19.9 Å². The molecule has 0 saturated heterocycles. The maximum Gasteiger partial charge on any atom is 0.246 e. The van der Waals surface area contributed by atoms with E-state index in [1.54, 1.807) is 30.0 Å². The number of amides is 1. The number of ether oxygens (including phenoxy) is 1. The van der Waals surface area contributed by atoms with Crippen molar-refractivity contribution >= 4 is 17.3 Å². The monoisotopic (exact) mass is 274 g/mol. The van der Waals surface area contributed by atoms with Crippen molar-refractivity contribution in [2.45, 2.75) is 20.4 Å². The van der Waals surface area contributed by atoms with Crippen LogP contribution in [0.25, 0.3) is 0 Å². The Morgan fingerprint density at radius 2 is 2.15 bits per heavy atom. The van der Waals surface area contributed by atoms with E-state index < -0.39 is 0 Å². The number of nitrogens with one attached hydrogen (secondary N) is 1. The number of nitrogen functional groups attached to an aromatic ring is 1. The summed E-state index contributed by atoms with van der Waals surface area (Å²) in [7, 11) is 1.57. The van der Waals surface area contributed by atoms with Gasteiger partial charge in [0.15, 0.2) is 0 Å². The number of nitrogens with two attached hydrogens (primary N) is 1. The van der Waals surface area contributed by atoms with Crippen LogP contribution in [0, 0.1) is 13.8 Å². The number of carbonyl (C=O) groups excluding carboxylic acids is 1. The highest BCUT2D eigenvalue weighted by Crippen LogP contribution is 2.23. The smallest absolute Gasteiger partial charge is 0.246 e. The predicted octanol–water partition coefficient (Wildman–Crippen LogP) is 1.73. The maximum atomic E-state index is 12.0. The number of hydrogen-bond acceptors (Lipinski definition) is 4. The van der Waals surface area contributed by atoms with Gasteiger partial charge in [-0.15, -0.1) is 0 Å². The first-order chi connectivity index (χ1) is 9.49. The second kappa shape index (κ2) is 5.64. The van der Waals surface area contributed by atoms with Gasteiger partial charge in [-0.25, -0.2) is 0 Å². The van der Waals surface area contributed by atoms with Gasteiger partial charge in [0.25, 0.3) is 0 Å². The largest absolute Gasteiger partial charge is 0.497 e. The second-order valence-corrected chi connectivity index (χ2v) is 4.59. The first-order valence-corrected chi connectivity index (χ1v) is 6.24. The molecular weight excluding hydrogens is 256 g/mol. The molecule has 2 rings (SSSR count). The van der Waals surface area contributed by atoms with Crippen LogP contribution in [-0.2, 0) is 11.3 Å². The molecule has 1 heterocycles. The lowest BCUT2D eigenvalue weighted by Crippen LogP contribution is -2.20. The third kappa shape index (κ3) is 3.09. The van der Waals surface area contributed by atoms with E-state index in [-0.39, 0.29) is 12.5 Å². The van der Waals surface area contributed by atoms with Gasteiger partial charge in [-0.2, -0.15) is 5.10 Å². The minimum Gasteiger partial charge on any atom is -0.497 e. The Morgan fingerprint density at radius 3 is 2.70 bits per heavy atom. The van der Waals surface area contributed by atoms with Gasteiger partial charge in [-0.3, -0.25) is 9.48 Å². The molecule has 0 aliphatic rings. The number of rotatable bonds is 4. The fraction of sp³-hybridized carbons (Fsp3) is 0.286.